The second kappa shape index (κ2) is 6.70. The Kier molecular flexibility index (Phi) is 4.43. The summed E-state index contributed by atoms with van der Waals surface area (Å²) in [5.41, 5.74) is 7.03. The van der Waals surface area contributed by atoms with Crippen molar-refractivity contribution in [2.24, 2.45) is 22.9 Å². The summed E-state index contributed by atoms with van der Waals surface area (Å²) in [5, 5.41) is 9.53. The van der Waals surface area contributed by atoms with Crippen LogP contribution in [-0.4, -0.2) is 16.5 Å². The van der Waals surface area contributed by atoms with Crippen molar-refractivity contribution in [2.45, 2.75) is 84.7 Å². The molecule has 5 rings (SSSR count). The van der Waals surface area contributed by atoms with Crippen molar-refractivity contribution >= 4 is 5.71 Å². The Labute approximate surface area is 180 Å². The maximum absolute atomic E-state index is 6.33. The molecule has 30 heavy (non-hydrogen) atoms. The number of aromatic nitrogens is 1. The molecule has 1 aromatic heterocycles. The first-order valence-electron chi connectivity index (χ1n) is 11.6. The van der Waals surface area contributed by atoms with Crippen molar-refractivity contribution in [2.75, 3.05) is 0 Å². The topological polar surface area (TPSA) is 47.6 Å². The third-order valence-electron chi connectivity index (χ3n) is 8.09. The molecule has 0 saturated heterocycles. The van der Waals surface area contributed by atoms with Gasteiger partial charge in [0, 0.05) is 17.0 Å². The van der Waals surface area contributed by atoms with Gasteiger partial charge >= 0.3 is 0 Å². The average molecular weight is 407 g/mol. The van der Waals surface area contributed by atoms with Crippen LogP contribution in [0.25, 0.3) is 11.3 Å². The SMILES string of the molecule is Cc1cc(C)cc(-c2onc3c2CCC[C@]32CC[C@H]3C2=NOC3(C(C)C)C(C)C)c1. The van der Waals surface area contributed by atoms with Crippen molar-refractivity contribution in [3.63, 3.8) is 0 Å². The molecule has 1 aliphatic heterocycles. The molecule has 1 aromatic carbocycles. The van der Waals surface area contributed by atoms with E-state index in [4.69, 9.17) is 19.7 Å². The van der Waals surface area contributed by atoms with Gasteiger partial charge < -0.3 is 9.36 Å². The highest BCUT2D eigenvalue weighted by Gasteiger charge is 2.63. The van der Waals surface area contributed by atoms with E-state index in [0.717, 1.165) is 49.1 Å². The van der Waals surface area contributed by atoms with Gasteiger partial charge in [-0.05, 0) is 69.9 Å². The molecule has 160 valence electrons. The molecule has 0 amide bonds. The van der Waals surface area contributed by atoms with Crippen LogP contribution >= 0.6 is 0 Å². The third kappa shape index (κ3) is 2.52. The fourth-order valence-corrected chi connectivity index (χ4v) is 6.88. The minimum atomic E-state index is -0.198. The first kappa shape index (κ1) is 19.8. The summed E-state index contributed by atoms with van der Waals surface area (Å²) in [7, 11) is 0. The Balaban J connectivity index is 1.59. The Bertz CT molecular complexity index is 988. The molecule has 1 spiro atoms. The van der Waals surface area contributed by atoms with E-state index in [2.05, 4.69) is 59.7 Å². The fourth-order valence-electron chi connectivity index (χ4n) is 6.88. The first-order valence-corrected chi connectivity index (χ1v) is 11.6. The summed E-state index contributed by atoms with van der Waals surface area (Å²) in [4.78, 5) is 6.33. The van der Waals surface area contributed by atoms with Gasteiger partial charge in [0.15, 0.2) is 5.76 Å². The van der Waals surface area contributed by atoms with Crippen molar-refractivity contribution in [3.8, 4) is 11.3 Å². The Morgan fingerprint density at radius 1 is 1.00 bits per heavy atom. The molecule has 3 aliphatic rings. The lowest BCUT2D eigenvalue weighted by Gasteiger charge is -2.39. The average Bonchev–Trinajstić information content (AvgIpc) is 3.36. The molecular weight excluding hydrogens is 372 g/mol. The van der Waals surface area contributed by atoms with E-state index in [1.165, 1.54) is 22.4 Å². The molecular formula is C26H34N2O2. The van der Waals surface area contributed by atoms with Gasteiger partial charge in [0.1, 0.15) is 5.60 Å². The summed E-state index contributed by atoms with van der Waals surface area (Å²) in [6.07, 6.45) is 5.51. The lowest BCUT2D eigenvalue weighted by Crippen LogP contribution is -2.48. The molecule has 0 bridgehead atoms. The number of hydrogen-bond donors (Lipinski definition) is 0. The highest BCUT2D eigenvalue weighted by atomic mass is 16.7. The minimum absolute atomic E-state index is 0.107. The smallest absolute Gasteiger partial charge is 0.170 e. The van der Waals surface area contributed by atoms with Gasteiger partial charge in [-0.25, -0.2) is 0 Å². The maximum Gasteiger partial charge on any atom is 0.170 e. The largest absolute Gasteiger partial charge is 0.388 e. The molecule has 2 atom stereocenters. The van der Waals surface area contributed by atoms with Crippen LogP contribution in [0.3, 0.4) is 0 Å². The quantitative estimate of drug-likeness (QED) is 0.594. The van der Waals surface area contributed by atoms with Gasteiger partial charge in [-0.3, -0.25) is 0 Å². The van der Waals surface area contributed by atoms with Crippen LogP contribution in [0.1, 0.15) is 75.8 Å². The highest BCUT2D eigenvalue weighted by Crippen LogP contribution is 2.58. The summed E-state index contributed by atoms with van der Waals surface area (Å²) in [6, 6.07) is 6.63. The number of nitrogens with zero attached hydrogens (tertiary/aromatic N) is 2. The zero-order valence-corrected chi connectivity index (χ0v) is 19.2. The molecule has 2 aromatic rings. The van der Waals surface area contributed by atoms with Crippen molar-refractivity contribution in [3.05, 3.63) is 40.6 Å². The van der Waals surface area contributed by atoms with Crippen LogP contribution in [0.15, 0.2) is 27.9 Å². The molecule has 0 N–H and O–H groups in total. The summed E-state index contributed by atoms with van der Waals surface area (Å²) < 4.78 is 6.05. The van der Waals surface area contributed by atoms with Gasteiger partial charge in [-0.15, -0.1) is 0 Å². The van der Waals surface area contributed by atoms with Crippen molar-refractivity contribution < 1.29 is 9.36 Å². The second-order valence-electron chi connectivity index (χ2n) is 10.5. The first-order chi connectivity index (χ1) is 14.3. The zero-order chi connectivity index (χ0) is 21.3. The van der Waals surface area contributed by atoms with Gasteiger partial charge in [0.25, 0.3) is 0 Å². The highest BCUT2D eigenvalue weighted by molar-refractivity contribution is 6.00. The van der Waals surface area contributed by atoms with Crippen LogP contribution < -0.4 is 0 Å². The number of benzene rings is 1. The Morgan fingerprint density at radius 3 is 2.37 bits per heavy atom. The molecule has 1 fully saturated rings. The molecule has 2 heterocycles. The molecule has 0 radical (unpaired) electrons. The number of aryl methyl sites for hydroxylation is 2. The number of oxime groups is 1. The minimum Gasteiger partial charge on any atom is -0.388 e. The van der Waals surface area contributed by atoms with Crippen LogP contribution in [0.2, 0.25) is 0 Å². The lowest BCUT2D eigenvalue weighted by molar-refractivity contribution is -0.113. The predicted octanol–water partition coefficient (Wildman–Crippen LogP) is 6.38. The molecule has 0 unspecified atom stereocenters. The normalized spacial score (nSPS) is 26.8. The maximum atomic E-state index is 6.33. The van der Waals surface area contributed by atoms with Crippen LogP contribution in [-0.2, 0) is 16.7 Å². The summed E-state index contributed by atoms with van der Waals surface area (Å²) >= 11 is 0. The molecule has 2 aliphatic carbocycles. The van der Waals surface area contributed by atoms with Crippen LogP contribution in [0, 0.1) is 31.6 Å². The van der Waals surface area contributed by atoms with E-state index in [0.29, 0.717) is 17.8 Å². The van der Waals surface area contributed by atoms with Gasteiger partial charge in [0.2, 0.25) is 0 Å². The third-order valence-corrected chi connectivity index (χ3v) is 8.09. The standard InChI is InChI=1S/C26H34N2O2/c1-15(2)26(16(3)4)21-9-11-25(24(21)28-30-26)10-7-8-20-22(29-27-23(20)25)19-13-17(5)12-18(6)14-19/h12-16,21H,7-11H2,1-6H3/t21-,25-/m0/s1. The van der Waals surface area contributed by atoms with E-state index in [9.17, 15) is 0 Å². The van der Waals surface area contributed by atoms with Gasteiger partial charge in [-0.2, -0.15) is 0 Å². The summed E-state index contributed by atoms with van der Waals surface area (Å²) in [5.74, 6) is 2.18. The molecule has 1 saturated carbocycles. The monoisotopic (exact) mass is 406 g/mol. The Hall–Kier alpha value is -2.10. The second-order valence-corrected chi connectivity index (χ2v) is 10.5. The molecule has 4 nitrogen and oxygen atoms in total. The van der Waals surface area contributed by atoms with Crippen molar-refractivity contribution in [1.82, 2.24) is 5.16 Å². The van der Waals surface area contributed by atoms with Gasteiger partial charge in [-0.1, -0.05) is 55.2 Å². The van der Waals surface area contributed by atoms with Crippen molar-refractivity contribution in [1.29, 1.82) is 0 Å². The van der Waals surface area contributed by atoms with E-state index in [1.807, 2.05) is 0 Å². The lowest BCUT2D eigenvalue weighted by atomic mass is 9.66. The predicted molar refractivity (Wildman–Crippen MR) is 120 cm³/mol. The van der Waals surface area contributed by atoms with Crippen LogP contribution in [0.5, 0.6) is 0 Å². The molecule has 4 heteroatoms. The zero-order valence-electron chi connectivity index (χ0n) is 19.2. The fraction of sp³-hybridized carbons (Fsp3) is 0.615. The van der Waals surface area contributed by atoms with E-state index >= 15 is 0 Å². The number of fused-ring (bicyclic) bond motifs is 4. The van der Waals surface area contributed by atoms with Gasteiger partial charge in [0.05, 0.1) is 16.8 Å². The van der Waals surface area contributed by atoms with E-state index in [-0.39, 0.29) is 11.0 Å². The summed E-state index contributed by atoms with van der Waals surface area (Å²) in [6.45, 7) is 13.4. The van der Waals surface area contributed by atoms with Crippen LogP contribution in [0.4, 0.5) is 0 Å². The van der Waals surface area contributed by atoms with E-state index < -0.39 is 0 Å². The van der Waals surface area contributed by atoms with E-state index in [1.54, 1.807) is 0 Å². The number of rotatable bonds is 3. The Morgan fingerprint density at radius 2 is 1.70 bits per heavy atom. The number of hydrogen-bond acceptors (Lipinski definition) is 4.